The number of halogens is 1. The normalized spacial score (nSPS) is 18.1. The molecule has 1 fully saturated rings. The van der Waals surface area contributed by atoms with Crippen LogP contribution in [0.2, 0.25) is 0 Å². The van der Waals surface area contributed by atoms with Crippen molar-refractivity contribution in [1.82, 2.24) is 0 Å². The quantitative estimate of drug-likeness (QED) is 0.894. The fraction of sp³-hybridized carbons (Fsp3) is 0.500. The van der Waals surface area contributed by atoms with E-state index in [1.165, 1.54) is 6.07 Å². The van der Waals surface area contributed by atoms with Gasteiger partial charge in [0.15, 0.2) is 0 Å². The number of hydrogen-bond donors (Lipinski definition) is 1. The van der Waals surface area contributed by atoms with Gasteiger partial charge in [0.25, 0.3) is 0 Å². The molecule has 0 aliphatic carbocycles. The van der Waals surface area contributed by atoms with Crippen LogP contribution in [0.25, 0.3) is 0 Å². The average Bonchev–Trinajstić information content (AvgIpc) is 2.40. The average molecular weight is 248 g/mol. The van der Waals surface area contributed by atoms with E-state index in [-0.39, 0.29) is 11.6 Å². The van der Waals surface area contributed by atoms with Gasteiger partial charge in [-0.3, -0.25) is 0 Å². The van der Waals surface area contributed by atoms with Gasteiger partial charge in [-0.05, 0) is 37.8 Å². The Morgan fingerprint density at radius 3 is 2.83 bits per heavy atom. The molecule has 1 aromatic carbocycles. The fourth-order valence-electron chi connectivity index (χ4n) is 2.34. The summed E-state index contributed by atoms with van der Waals surface area (Å²) in [7, 11) is 0. The maximum Gasteiger partial charge on any atom is 0.143 e. The first-order valence-corrected chi connectivity index (χ1v) is 6.25. The third-order valence-electron chi connectivity index (χ3n) is 3.48. The monoisotopic (exact) mass is 248 g/mol. The minimum atomic E-state index is -0.471. The second kappa shape index (κ2) is 5.83. The summed E-state index contributed by atoms with van der Waals surface area (Å²) in [5.41, 5.74) is 0.674. The topological polar surface area (TPSA) is 45.0 Å². The Labute approximate surface area is 107 Å². The smallest absolute Gasteiger partial charge is 0.143 e. The van der Waals surface area contributed by atoms with Crippen LogP contribution in [-0.4, -0.2) is 19.3 Å². The van der Waals surface area contributed by atoms with E-state index in [0.29, 0.717) is 11.6 Å². The molecular weight excluding hydrogens is 231 g/mol. The molecule has 1 aliphatic rings. The summed E-state index contributed by atoms with van der Waals surface area (Å²) in [6.07, 6.45) is 2.01. The van der Waals surface area contributed by atoms with Crippen LogP contribution in [0.4, 0.5) is 10.1 Å². The van der Waals surface area contributed by atoms with E-state index < -0.39 is 5.82 Å². The van der Waals surface area contributed by atoms with E-state index in [2.05, 4.69) is 12.2 Å². The number of anilines is 1. The molecule has 0 spiro atoms. The molecule has 1 saturated heterocycles. The van der Waals surface area contributed by atoms with Crippen LogP contribution in [0.15, 0.2) is 18.2 Å². The van der Waals surface area contributed by atoms with Gasteiger partial charge in [0.2, 0.25) is 0 Å². The van der Waals surface area contributed by atoms with E-state index in [1.807, 2.05) is 6.07 Å². The molecule has 0 saturated carbocycles. The molecule has 1 unspecified atom stereocenters. The second-order valence-corrected chi connectivity index (χ2v) is 4.66. The van der Waals surface area contributed by atoms with Crippen molar-refractivity contribution in [2.75, 3.05) is 18.5 Å². The van der Waals surface area contributed by atoms with E-state index in [1.54, 1.807) is 12.1 Å². The highest BCUT2D eigenvalue weighted by molar-refractivity contribution is 5.58. The molecule has 96 valence electrons. The number of rotatable bonds is 3. The van der Waals surface area contributed by atoms with Crippen molar-refractivity contribution in [3.05, 3.63) is 29.6 Å². The lowest BCUT2D eigenvalue weighted by Gasteiger charge is -2.29. The first kappa shape index (κ1) is 12.8. The highest BCUT2D eigenvalue weighted by atomic mass is 19.1. The number of ether oxygens (including phenoxy) is 1. The Morgan fingerprint density at radius 2 is 2.17 bits per heavy atom. The van der Waals surface area contributed by atoms with Crippen molar-refractivity contribution in [3.8, 4) is 6.07 Å². The Balaban J connectivity index is 2.09. The molecule has 0 radical (unpaired) electrons. The Kier molecular flexibility index (Phi) is 4.16. The molecule has 18 heavy (non-hydrogen) atoms. The Bertz CT molecular complexity index is 450. The van der Waals surface area contributed by atoms with Gasteiger partial charge < -0.3 is 10.1 Å². The zero-order chi connectivity index (χ0) is 13.0. The highest BCUT2D eigenvalue weighted by Gasteiger charge is 2.21. The molecule has 1 aromatic rings. The molecular formula is C14H17FN2O. The van der Waals surface area contributed by atoms with Gasteiger partial charge in [0.1, 0.15) is 17.4 Å². The molecule has 0 amide bonds. The zero-order valence-corrected chi connectivity index (χ0v) is 10.4. The lowest BCUT2D eigenvalue weighted by Crippen LogP contribution is -2.31. The summed E-state index contributed by atoms with van der Waals surface area (Å²) in [5.74, 6) is 0.0373. The molecule has 4 heteroatoms. The Morgan fingerprint density at radius 1 is 1.44 bits per heavy atom. The maximum absolute atomic E-state index is 13.5. The van der Waals surface area contributed by atoms with Crippen molar-refractivity contribution in [1.29, 1.82) is 5.26 Å². The summed E-state index contributed by atoms with van der Waals surface area (Å²) in [6.45, 7) is 3.64. The summed E-state index contributed by atoms with van der Waals surface area (Å²) >= 11 is 0. The van der Waals surface area contributed by atoms with Gasteiger partial charge >= 0.3 is 0 Å². The number of nitriles is 1. The van der Waals surface area contributed by atoms with Crippen LogP contribution in [0.5, 0.6) is 0 Å². The highest BCUT2D eigenvalue weighted by Crippen LogP contribution is 2.24. The van der Waals surface area contributed by atoms with Crippen LogP contribution >= 0.6 is 0 Å². The van der Waals surface area contributed by atoms with Crippen LogP contribution in [0.3, 0.4) is 0 Å². The summed E-state index contributed by atoms with van der Waals surface area (Å²) in [4.78, 5) is 0. The van der Waals surface area contributed by atoms with Crippen molar-refractivity contribution >= 4 is 5.69 Å². The third-order valence-corrected chi connectivity index (χ3v) is 3.48. The first-order valence-electron chi connectivity index (χ1n) is 6.25. The molecule has 0 aromatic heterocycles. The number of hydrogen-bond acceptors (Lipinski definition) is 3. The van der Waals surface area contributed by atoms with Gasteiger partial charge in [0.05, 0.1) is 5.69 Å². The van der Waals surface area contributed by atoms with Crippen molar-refractivity contribution in [3.63, 3.8) is 0 Å². The van der Waals surface area contributed by atoms with Crippen LogP contribution in [0, 0.1) is 23.1 Å². The predicted molar refractivity (Wildman–Crippen MR) is 67.7 cm³/mol. The van der Waals surface area contributed by atoms with E-state index in [4.69, 9.17) is 10.00 Å². The third kappa shape index (κ3) is 2.80. The van der Waals surface area contributed by atoms with Gasteiger partial charge in [-0.1, -0.05) is 6.07 Å². The van der Waals surface area contributed by atoms with E-state index in [9.17, 15) is 4.39 Å². The minimum Gasteiger partial charge on any atom is -0.381 e. The number of benzene rings is 1. The summed E-state index contributed by atoms with van der Waals surface area (Å²) in [5, 5.41) is 12.2. The Hall–Kier alpha value is -1.60. The first-order chi connectivity index (χ1) is 8.72. The van der Waals surface area contributed by atoms with Crippen LogP contribution in [0.1, 0.15) is 25.3 Å². The lowest BCUT2D eigenvalue weighted by atomic mass is 9.92. The molecule has 3 nitrogen and oxygen atoms in total. The molecule has 1 N–H and O–H groups in total. The van der Waals surface area contributed by atoms with E-state index >= 15 is 0 Å². The van der Waals surface area contributed by atoms with Gasteiger partial charge in [0, 0.05) is 19.3 Å². The van der Waals surface area contributed by atoms with Crippen LogP contribution in [-0.2, 0) is 4.74 Å². The molecule has 1 aliphatic heterocycles. The largest absolute Gasteiger partial charge is 0.381 e. The molecule has 1 atom stereocenters. The van der Waals surface area contributed by atoms with Crippen molar-refractivity contribution in [2.24, 2.45) is 5.92 Å². The maximum atomic E-state index is 13.5. The van der Waals surface area contributed by atoms with E-state index in [0.717, 1.165) is 26.1 Å². The second-order valence-electron chi connectivity index (χ2n) is 4.66. The molecule has 0 bridgehead atoms. The fourth-order valence-corrected chi connectivity index (χ4v) is 2.34. The summed E-state index contributed by atoms with van der Waals surface area (Å²) < 4.78 is 18.8. The van der Waals surface area contributed by atoms with Crippen LogP contribution < -0.4 is 5.32 Å². The lowest BCUT2D eigenvalue weighted by molar-refractivity contribution is 0.0622. The predicted octanol–water partition coefficient (Wildman–Crippen LogP) is 2.92. The zero-order valence-electron chi connectivity index (χ0n) is 10.4. The van der Waals surface area contributed by atoms with Crippen molar-refractivity contribution < 1.29 is 9.13 Å². The van der Waals surface area contributed by atoms with Crippen molar-refractivity contribution in [2.45, 2.75) is 25.8 Å². The van der Waals surface area contributed by atoms with Gasteiger partial charge in [-0.2, -0.15) is 5.26 Å². The van der Waals surface area contributed by atoms with Gasteiger partial charge in [-0.25, -0.2) is 4.39 Å². The number of nitrogens with zero attached hydrogens (tertiary/aromatic N) is 1. The molecule has 2 rings (SSSR count). The SMILES string of the molecule is CC(Nc1cccc(F)c1C#N)C1CCOCC1. The minimum absolute atomic E-state index is 0.0939. The standard InChI is InChI=1S/C14H17FN2O/c1-10(11-5-7-18-8-6-11)17-14-4-2-3-13(15)12(14)9-16/h2-4,10-11,17H,5-8H2,1H3. The molecule has 1 heterocycles. The number of nitrogens with one attached hydrogen (secondary N) is 1. The van der Waals surface area contributed by atoms with Gasteiger partial charge in [-0.15, -0.1) is 0 Å². The summed E-state index contributed by atoms with van der Waals surface area (Å²) in [6, 6.07) is 6.80.